The Hall–Kier alpha value is -2.03. The molecule has 1 aliphatic rings. The van der Waals surface area contributed by atoms with E-state index in [-0.39, 0.29) is 6.61 Å². The lowest BCUT2D eigenvalue weighted by atomic mass is 10.1. The third kappa shape index (κ3) is 2.38. The van der Waals surface area contributed by atoms with Crippen LogP contribution in [0.2, 0.25) is 0 Å². The van der Waals surface area contributed by atoms with Crippen LogP contribution < -0.4 is 0 Å². The monoisotopic (exact) mass is 230 g/mol. The van der Waals surface area contributed by atoms with Crippen molar-refractivity contribution in [3.63, 3.8) is 0 Å². The van der Waals surface area contributed by atoms with Gasteiger partial charge >= 0.3 is 6.16 Å². The number of hydrogen-bond acceptors (Lipinski definition) is 3. The summed E-state index contributed by atoms with van der Waals surface area (Å²) < 4.78 is 9.97. The summed E-state index contributed by atoms with van der Waals surface area (Å²) in [4.78, 5) is 11.3. The summed E-state index contributed by atoms with van der Waals surface area (Å²) in [5.74, 6) is 0.667. The standard InChI is InChI=1S/C14H14O3/c1-3-8-16-14(15)17-13-9-11-6-4-5-7-12(11)10(13)2/h3-7H,1,8-9H2,2H3. The van der Waals surface area contributed by atoms with E-state index >= 15 is 0 Å². The minimum atomic E-state index is -0.674. The molecule has 2 rings (SSSR count). The van der Waals surface area contributed by atoms with Gasteiger partial charge in [-0.1, -0.05) is 36.9 Å². The Balaban J connectivity index is 2.08. The predicted octanol–water partition coefficient (Wildman–Crippen LogP) is 3.31. The molecule has 0 radical (unpaired) electrons. The first-order valence-electron chi connectivity index (χ1n) is 5.46. The number of ether oxygens (including phenoxy) is 2. The largest absolute Gasteiger partial charge is 0.513 e. The minimum absolute atomic E-state index is 0.165. The van der Waals surface area contributed by atoms with Gasteiger partial charge in [0.1, 0.15) is 12.4 Å². The van der Waals surface area contributed by atoms with E-state index in [1.807, 2.05) is 31.2 Å². The van der Waals surface area contributed by atoms with E-state index in [1.54, 1.807) is 0 Å². The average molecular weight is 230 g/mol. The van der Waals surface area contributed by atoms with Crippen molar-refractivity contribution >= 4 is 11.7 Å². The number of fused-ring (bicyclic) bond motifs is 1. The van der Waals surface area contributed by atoms with E-state index in [1.165, 1.54) is 11.6 Å². The molecule has 1 aliphatic carbocycles. The summed E-state index contributed by atoms with van der Waals surface area (Å²) in [7, 11) is 0. The maximum absolute atomic E-state index is 11.3. The van der Waals surface area contributed by atoms with Gasteiger partial charge in [0, 0.05) is 6.42 Å². The summed E-state index contributed by atoms with van der Waals surface area (Å²) in [6, 6.07) is 8.01. The maximum Gasteiger partial charge on any atom is 0.513 e. The van der Waals surface area contributed by atoms with Crippen LogP contribution in [-0.2, 0) is 15.9 Å². The van der Waals surface area contributed by atoms with Gasteiger partial charge in [-0.05, 0) is 23.6 Å². The Kier molecular flexibility index (Phi) is 3.28. The lowest BCUT2D eigenvalue weighted by Gasteiger charge is -2.05. The first-order valence-corrected chi connectivity index (χ1v) is 5.46. The first-order chi connectivity index (χ1) is 8.22. The van der Waals surface area contributed by atoms with Crippen LogP contribution in [0.15, 0.2) is 42.7 Å². The molecular weight excluding hydrogens is 216 g/mol. The van der Waals surface area contributed by atoms with Gasteiger partial charge in [0.2, 0.25) is 0 Å². The van der Waals surface area contributed by atoms with E-state index in [4.69, 9.17) is 9.47 Å². The molecule has 0 heterocycles. The van der Waals surface area contributed by atoms with Crippen LogP contribution in [-0.4, -0.2) is 12.8 Å². The normalized spacial score (nSPS) is 13.2. The quantitative estimate of drug-likeness (QED) is 0.590. The van der Waals surface area contributed by atoms with Gasteiger partial charge in [0.05, 0.1) is 0 Å². The molecule has 1 aromatic carbocycles. The minimum Gasteiger partial charge on any atom is -0.430 e. The molecule has 0 aromatic heterocycles. The molecule has 3 nitrogen and oxygen atoms in total. The average Bonchev–Trinajstić information content (AvgIpc) is 2.64. The van der Waals surface area contributed by atoms with Crippen LogP contribution in [0.5, 0.6) is 0 Å². The smallest absolute Gasteiger partial charge is 0.430 e. The van der Waals surface area contributed by atoms with Crippen molar-refractivity contribution in [2.75, 3.05) is 6.61 Å². The van der Waals surface area contributed by atoms with E-state index in [9.17, 15) is 4.79 Å². The fraction of sp³-hybridized carbons (Fsp3) is 0.214. The van der Waals surface area contributed by atoms with Gasteiger partial charge in [-0.25, -0.2) is 4.79 Å². The van der Waals surface area contributed by atoms with Crippen LogP contribution in [0, 0.1) is 0 Å². The second-order valence-electron chi connectivity index (χ2n) is 3.83. The molecule has 0 bridgehead atoms. The predicted molar refractivity (Wildman–Crippen MR) is 65.4 cm³/mol. The van der Waals surface area contributed by atoms with Crippen molar-refractivity contribution in [3.05, 3.63) is 53.8 Å². The summed E-state index contributed by atoms with van der Waals surface area (Å²) in [5.41, 5.74) is 3.31. The van der Waals surface area contributed by atoms with Crippen LogP contribution in [0.3, 0.4) is 0 Å². The highest BCUT2D eigenvalue weighted by Crippen LogP contribution is 2.32. The zero-order valence-electron chi connectivity index (χ0n) is 9.73. The molecule has 3 heteroatoms. The van der Waals surface area contributed by atoms with Crippen molar-refractivity contribution in [2.45, 2.75) is 13.3 Å². The molecule has 1 aromatic rings. The molecule has 0 aliphatic heterocycles. The number of allylic oxidation sites excluding steroid dienone is 2. The molecule has 0 saturated heterocycles. The van der Waals surface area contributed by atoms with E-state index in [0.717, 1.165) is 11.1 Å². The van der Waals surface area contributed by atoms with Gasteiger partial charge in [-0.2, -0.15) is 0 Å². The van der Waals surface area contributed by atoms with Crippen LogP contribution in [0.25, 0.3) is 5.57 Å². The second kappa shape index (κ2) is 4.87. The van der Waals surface area contributed by atoms with E-state index in [2.05, 4.69) is 6.58 Å². The fourth-order valence-corrected chi connectivity index (χ4v) is 1.87. The highest BCUT2D eigenvalue weighted by Gasteiger charge is 2.21. The Morgan fingerprint density at radius 1 is 1.47 bits per heavy atom. The van der Waals surface area contributed by atoms with Gasteiger partial charge in [-0.15, -0.1) is 0 Å². The Morgan fingerprint density at radius 2 is 2.24 bits per heavy atom. The lowest BCUT2D eigenvalue weighted by Crippen LogP contribution is -2.07. The van der Waals surface area contributed by atoms with Crippen LogP contribution in [0.1, 0.15) is 18.1 Å². The molecule has 0 N–H and O–H groups in total. The van der Waals surface area contributed by atoms with Crippen molar-refractivity contribution in [3.8, 4) is 0 Å². The Morgan fingerprint density at radius 3 is 2.94 bits per heavy atom. The molecule has 0 saturated carbocycles. The summed E-state index contributed by atoms with van der Waals surface area (Å²) in [6.07, 6.45) is 1.48. The van der Waals surface area contributed by atoms with Crippen LogP contribution >= 0.6 is 0 Å². The highest BCUT2D eigenvalue weighted by molar-refractivity contribution is 5.76. The number of rotatable bonds is 3. The topological polar surface area (TPSA) is 35.5 Å². The van der Waals surface area contributed by atoms with Gasteiger partial charge < -0.3 is 9.47 Å². The third-order valence-electron chi connectivity index (χ3n) is 2.72. The van der Waals surface area contributed by atoms with E-state index < -0.39 is 6.16 Å². The molecular formula is C14H14O3. The third-order valence-corrected chi connectivity index (χ3v) is 2.72. The van der Waals surface area contributed by atoms with E-state index in [0.29, 0.717) is 12.2 Å². The molecule has 0 amide bonds. The SMILES string of the molecule is C=CCOC(=O)OC1=C(C)c2ccccc2C1. The highest BCUT2D eigenvalue weighted by atomic mass is 16.7. The lowest BCUT2D eigenvalue weighted by molar-refractivity contribution is 0.0859. The van der Waals surface area contributed by atoms with Gasteiger partial charge in [0.25, 0.3) is 0 Å². The van der Waals surface area contributed by atoms with Crippen LogP contribution in [0.4, 0.5) is 4.79 Å². The number of benzene rings is 1. The van der Waals surface area contributed by atoms with Crippen molar-refractivity contribution in [1.29, 1.82) is 0 Å². The molecule has 0 atom stereocenters. The molecule has 0 fully saturated rings. The fourth-order valence-electron chi connectivity index (χ4n) is 1.87. The molecule has 0 spiro atoms. The van der Waals surface area contributed by atoms with Gasteiger partial charge in [0.15, 0.2) is 0 Å². The van der Waals surface area contributed by atoms with Crippen molar-refractivity contribution in [1.82, 2.24) is 0 Å². The Bertz CT molecular complexity index is 486. The second-order valence-corrected chi connectivity index (χ2v) is 3.83. The molecule has 0 unspecified atom stereocenters. The summed E-state index contributed by atoms with van der Waals surface area (Å²) >= 11 is 0. The number of hydrogen-bond donors (Lipinski definition) is 0. The zero-order chi connectivity index (χ0) is 12.3. The molecule has 88 valence electrons. The Labute approximate surface area is 100 Å². The summed E-state index contributed by atoms with van der Waals surface area (Å²) in [5, 5.41) is 0. The molecule has 17 heavy (non-hydrogen) atoms. The maximum atomic E-state index is 11.3. The summed E-state index contributed by atoms with van der Waals surface area (Å²) in [6.45, 7) is 5.58. The number of carbonyl (C=O) groups is 1. The zero-order valence-corrected chi connectivity index (χ0v) is 9.73. The first kappa shape index (κ1) is 11.5. The van der Waals surface area contributed by atoms with Gasteiger partial charge in [-0.3, -0.25) is 0 Å². The number of carbonyl (C=O) groups excluding carboxylic acids is 1. The van der Waals surface area contributed by atoms with Crippen molar-refractivity contribution < 1.29 is 14.3 Å². The van der Waals surface area contributed by atoms with Crippen molar-refractivity contribution in [2.24, 2.45) is 0 Å².